The summed E-state index contributed by atoms with van der Waals surface area (Å²) in [5.41, 5.74) is 8.34. The van der Waals surface area contributed by atoms with Crippen LogP contribution in [0.5, 0.6) is 0 Å². The van der Waals surface area contributed by atoms with Crippen molar-refractivity contribution >= 4 is 17.3 Å². The van der Waals surface area contributed by atoms with Crippen molar-refractivity contribution in [2.75, 3.05) is 17.6 Å². The molecule has 116 valence electrons. The summed E-state index contributed by atoms with van der Waals surface area (Å²) in [5.74, 6) is 0.688. The van der Waals surface area contributed by atoms with Crippen LogP contribution in [0.2, 0.25) is 0 Å². The van der Waals surface area contributed by atoms with Gasteiger partial charge in [0, 0.05) is 17.4 Å². The standard InChI is InChI=1S/C17H27N3O/c1-11-7-6-10-20(13(11)3)14(4)17(21)19-16-9-5-8-15(18)12(16)2/h5,8-9,11,13-14H,6-7,10,18H2,1-4H3,(H,19,21). The Kier molecular flexibility index (Phi) is 4.88. The zero-order valence-electron chi connectivity index (χ0n) is 13.5. The number of benzene rings is 1. The molecule has 1 saturated heterocycles. The van der Waals surface area contributed by atoms with E-state index in [0.29, 0.717) is 17.6 Å². The molecule has 0 aromatic heterocycles. The Morgan fingerprint density at radius 3 is 2.86 bits per heavy atom. The summed E-state index contributed by atoms with van der Waals surface area (Å²) in [5, 5.41) is 3.02. The molecule has 4 nitrogen and oxygen atoms in total. The van der Waals surface area contributed by atoms with Crippen molar-refractivity contribution in [3.05, 3.63) is 23.8 Å². The minimum atomic E-state index is -0.122. The second-order valence-corrected chi connectivity index (χ2v) is 6.28. The van der Waals surface area contributed by atoms with Gasteiger partial charge in [-0.15, -0.1) is 0 Å². The van der Waals surface area contributed by atoms with Gasteiger partial charge in [-0.25, -0.2) is 0 Å². The predicted molar refractivity (Wildman–Crippen MR) is 88.2 cm³/mol. The Labute approximate surface area is 127 Å². The SMILES string of the molecule is Cc1c(N)cccc1NC(=O)C(C)N1CCCC(C)C1C. The summed E-state index contributed by atoms with van der Waals surface area (Å²) in [6, 6.07) is 5.94. The number of nitrogens with one attached hydrogen (secondary N) is 1. The molecule has 0 spiro atoms. The highest BCUT2D eigenvalue weighted by Crippen LogP contribution is 2.26. The Morgan fingerprint density at radius 1 is 1.43 bits per heavy atom. The van der Waals surface area contributed by atoms with Crippen LogP contribution in [0.4, 0.5) is 11.4 Å². The smallest absolute Gasteiger partial charge is 0.241 e. The van der Waals surface area contributed by atoms with Crippen LogP contribution >= 0.6 is 0 Å². The zero-order valence-corrected chi connectivity index (χ0v) is 13.5. The highest BCUT2D eigenvalue weighted by Gasteiger charge is 2.31. The maximum atomic E-state index is 12.5. The highest BCUT2D eigenvalue weighted by molar-refractivity contribution is 5.95. The van der Waals surface area contributed by atoms with Gasteiger partial charge in [0.2, 0.25) is 5.91 Å². The van der Waals surface area contributed by atoms with E-state index in [1.807, 2.05) is 32.0 Å². The van der Waals surface area contributed by atoms with E-state index in [-0.39, 0.29) is 11.9 Å². The first kappa shape index (κ1) is 15.8. The number of nitrogen functional groups attached to an aromatic ring is 1. The van der Waals surface area contributed by atoms with Crippen LogP contribution in [-0.4, -0.2) is 29.4 Å². The molecule has 1 aromatic rings. The fourth-order valence-electron chi connectivity index (χ4n) is 3.09. The lowest BCUT2D eigenvalue weighted by molar-refractivity contribution is -0.122. The number of carbonyl (C=O) groups excluding carboxylic acids is 1. The van der Waals surface area contributed by atoms with Crippen molar-refractivity contribution in [2.24, 2.45) is 5.92 Å². The first-order chi connectivity index (χ1) is 9.91. The van der Waals surface area contributed by atoms with E-state index in [1.165, 1.54) is 12.8 Å². The van der Waals surface area contributed by atoms with Gasteiger partial charge in [0.25, 0.3) is 0 Å². The van der Waals surface area contributed by atoms with Crippen LogP contribution in [0.25, 0.3) is 0 Å². The molecule has 0 aliphatic carbocycles. The van der Waals surface area contributed by atoms with E-state index in [4.69, 9.17) is 5.73 Å². The van der Waals surface area contributed by atoms with E-state index in [9.17, 15) is 4.79 Å². The molecule has 3 atom stereocenters. The molecule has 3 unspecified atom stereocenters. The molecule has 1 fully saturated rings. The van der Waals surface area contributed by atoms with Crippen LogP contribution < -0.4 is 11.1 Å². The third-order valence-corrected chi connectivity index (χ3v) is 4.93. The van der Waals surface area contributed by atoms with Crippen LogP contribution in [0.1, 0.15) is 39.2 Å². The van der Waals surface area contributed by atoms with Gasteiger partial charge in [0.1, 0.15) is 0 Å². The average molecular weight is 289 g/mol. The molecule has 1 aromatic carbocycles. The van der Waals surface area contributed by atoms with E-state index in [0.717, 1.165) is 17.8 Å². The molecule has 1 aliphatic rings. The van der Waals surface area contributed by atoms with Gasteiger partial charge in [-0.05, 0) is 63.8 Å². The predicted octanol–water partition coefficient (Wildman–Crippen LogP) is 3.02. The molecule has 4 heteroatoms. The second kappa shape index (κ2) is 6.48. The number of nitrogens with two attached hydrogens (primary N) is 1. The Balaban J connectivity index is 2.07. The van der Waals surface area contributed by atoms with Crippen LogP contribution in [0.3, 0.4) is 0 Å². The summed E-state index contributed by atoms with van der Waals surface area (Å²) < 4.78 is 0. The summed E-state index contributed by atoms with van der Waals surface area (Å²) in [4.78, 5) is 14.8. The number of carbonyl (C=O) groups is 1. The summed E-state index contributed by atoms with van der Waals surface area (Å²) >= 11 is 0. The molecule has 0 radical (unpaired) electrons. The number of amides is 1. The lowest BCUT2D eigenvalue weighted by atomic mass is 9.91. The van der Waals surface area contributed by atoms with Crippen LogP contribution in [-0.2, 0) is 4.79 Å². The van der Waals surface area contributed by atoms with Crippen molar-refractivity contribution in [2.45, 2.75) is 52.6 Å². The summed E-state index contributed by atoms with van der Waals surface area (Å²) in [7, 11) is 0. The molecule has 0 bridgehead atoms. The Hall–Kier alpha value is -1.55. The first-order valence-electron chi connectivity index (χ1n) is 7.83. The van der Waals surface area contributed by atoms with Crippen molar-refractivity contribution in [3.8, 4) is 0 Å². The van der Waals surface area contributed by atoms with E-state index in [2.05, 4.69) is 24.1 Å². The molecule has 0 saturated carbocycles. The van der Waals surface area contributed by atoms with Gasteiger partial charge in [-0.2, -0.15) is 0 Å². The van der Waals surface area contributed by atoms with Crippen LogP contribution in [0, 0.1) is 12.8 Å². The topological polar surface area (TPSA) is 58.4 Å². The highest BCUT2D eigenvalue weighted by atomic mass is 16.2. The molecule has 2 rings (SSSR count). The summed E-state index contributed by atoms with van der Waals surface area (Å²) in [6.07, 6.45) is 2.42. The largest absolute Gasteiger partial charge is 0.398 e. The maximum Gasteiger partial charge on any atom is 0.241 e. The van der Waals surface area contributed by atoms with Crippen LogP contribution in [0.15, 0.2) is 18.2 Å². The molecule has 1 heterocycles. The molecular weight excluding hydrogens is 262 g/mol. The second-order valence-electron chi connectivity index (χ2n) is 6.28. The number of rotatable bonds is 3. The fourth-order valence-corrected chi connectivity index (χ4v) is 3.09. The molecular formula is C17H27N3O. The van der Waals surface area contributed by atoms with Gasteiger partial charge in [-0.3, -0.25) is 9.69 Å². The summed E-state index contributed by atoms with van der Waals surface area (Å²) in [6.45, 7) is 9.41. The molecule has 21 heavy (non-hydrogen) atoms. The lowest BCUT2D eigenvalue weighted by Gasteiger charge is -2.41. The normalized spacial score (nSPS) is 24.6. The van der Waals surface area contributed by atoms with Crippen molar-refractivity contribution in [1.82, 2.24) is 4.90 Å². The number of likely N-dealkylation sites (tertiary alicyclic amines) is 1. The van der Waals surface area contributed by atoms with Gasteiger partial charge < -0.3 is 11.1 Å². The van der Waals surface area contributed by atoms with Gasteiger partial charge in [0.15, 0.2) is 0 Å². The van der Waals surface area contributed by atoms with Gasteiger partial charge in [0.05, 0.1) is 6.04 Å². The van der Waals surface area contributed by atoms with E-state index >= 15 is 0 Å². The zero-order chi connectivity index (χ0) is 15.6. The number of hydrogen-bond acceptors (Lipinski definition) is 3. The van der Waals surface area contributed by atoms with E-state index in [1.54, 1.807) is 0 Å². The first-order valence-corrected chi connectivity index (χ1v) is 7.83. The lowest BCUT2D eigenvalue weighted by Crippen LogP contribution is -2.51. The Bertz CT molecular complexity index is 515. The van der Waals surface area contributed by atoms with Crippen molar-refractivity contribution < 1.29 is 4.79 Å². The number of anilines is 2. The van der Waals surface area contributed by atoms with Gasteiger partial charge >= 0.3 is 0 Å². The number of piperidine rings is 1. The fraction of sp³-hybridized carbons (Fsp3) is 0.588. The number of hydrogen-bond donors (Lipinski definition) is 2. The van der Waals surface area contributed by atoms with E-state index < -0.39 is 0 Å². The third-order valence-electron chi connectivity index (χ3n) is 4.93. The molecule has 1 amide bonds. The van der Waals surface area contributed by atoms with Gasteiger partial charge in [-0.1, -0.05) is 13.0 Å². The van der Waals surface area contributed by atoms with Crippen molar-refractivity contribution in [3.63, 3.8) is 0 Å². The number of nitrogens with zero attached hydrogens (tertiary/aromatic N) is 1. The minimum Gasteiger partial charge on any atom is -0.398 e. The monoisotopic (exact) mass is 289 g/mol. The Morgan fingerprint density at radius 2 is 2.14 bits per heavy atom. The minimum absolute atomic E-state index is 0.0460. The quantitative estimate of drug-likeness (QED) is 0.841. The maximum absolute atomic E-state index is 12.5. The molecule has 1 aliphatic heterocycles. The average Bonchev–Trinajstić information content (AvgIpc) is 2.46. The third kappa shape index (κ3) is 3.38. The molecule has 3 N–H and O–H groups in total. The van der Waals surface area contributed by atoms with Crippen molar-refractivity contribution in [1.29, 1.82) is 0 Å².